The highest BCUT2D eigenvalue weighted by atomic mass is 32.2. The van der Waals surface area contributed by atoms with Crippen LogP contribution in [0.25, 0.3) is 17.4 Å². The molecule has 1 amide bonds. The maximum Gasteiger partial charge on any atom is 0.281 e. The molecule has 2 saturated heterocycles. The lowest BCUT2D eigenvalue weighted by Crippen LogP contribution is -2.54. The Balaban J connectivity index is 1.52. The Labute approximate surface area is 162 Å². The number of hydrogen-bond acceptors (Lipinski definition) is 6. The summed E-state index contributed by atoms with van der Waals surface area (Å²) in [6, 6.07) is 13.7. The third-order valence-corrected chi connectivity index (χ3v) is 5.78. The first-order chi connectivity index (χ1) is 12.6. The summed E-state index contributed by atoms with van der Waals surface area (Å²) in [6.07, 6.45) is 1.78. The second-order valence-electron chi connectivity index (χ2n) is 6.32. The predicted octanol–water partition coefficient (Wildman–Crippen LogP) is 3.31. The molecule has 3 heterocycles. The van der Waals surface area contributed by atoms with Crippen molar-refractivity contribution in [1.82, 2.24) is 14.9 Å². The highest BCUT2D eigenvalue weighted by Gasteiger charge is 2.37. The molecule has 4 rings (SSSR count). The Morgan fingerprint density at radius 2 is 1.81 bits per heavy atom. The van der Waals surface area contributed by atoms with Gasteiger partial charge in [0.2, 0.25) is 0 Å². The van der Waals surface area contributed by atoms with Gasteiger partial charge in [-0.3, -0.25) is 4.79 Å². The van der Waals surface area contributed by atoms with Crippen LogP contribution in [-0.2, 0) is 4.79 Å². The summed E-state index contributed by atoms with van der Waals surface area (Å²) in [5.41, 5.74) is 1.01. The zero-order chi connectivity index (χ0) is 18.1. The van der Waals surface area contributed by atoms with Gasteiger partial charge in [0.25, 0.3) is 5.91 Å². The quantitative estimate of drug-likeness (QED) is 0.596. The molecule has 0 saturated carbocycles. The van der Waals surface area contributed by atoms with Crippen molar-refractivity contribution >= 4 is 40.3 Å². The van der Waals surface area contributed by atoms with Crippen molar-refractivity contribution in [3.05, 3.63) is 53.1 Å². The van der Waals surface area contributed by atoms with Crippen LogP contribution in [0.2, 0.25) is 0 Å². The van der Waals surface area contributed by atoms with Gasteiger partial charge in [-0.25, -0.2) is 10.0 Å². The van der Waals surface area contributed by atoms with Gasteiger partial charge in [0, 0.05) is 37.8 Å². The van der Waals surface area contributed by atoms with E-state index in [1.165, 1.54) is 11.8 Å². The molecule has 5 nitrogen and oxygen atoms in total. The number of furan rings is 1. The fourth-order valence-corrected chi connectivity index (χ4v) is 4.31. The van der Waals surface area contributed by atoms with Gasteiger partial charge in [-0.05, 0) is 19.2 Å². The lowest BCUT2D eigenvalue weighted by Gasteiger charge is -2.37. The molecule has 0 bridgehead atoms. The maximum atomic E-state index is 12.8. The van der Waals surface area contributed by atoms with Crippen LogP contribution in [0.1, 0.15) is 5.76 Å². The van der Waals surface area contributed by atoms with E-state index in [0.717, 1.165) is 37.5 Å². The van der Waals surface area contributed by atoms with E-state index in [9.17, 15) is 4.79 Å². The molecule has 1 aromatic carbocycles. The van der Waals surface area contributed by atoms with Crippen molar-refractivity contribution in [2.75, 3.05) is 33.2 Å². The minimum absolute atomic E-state index is 0.0674. The molecule has 0 atom stereocenters. The zero-order valence-electron chi connectivity index (χ0n) is 14.4. The number of nitrogens with zero attached hydrogens (tertiary/aromatic N) is 3. The van der Waals surface area contributed by atoms with Gasteiger partial charge in [0.15, 0.2) is 4.32 Å². The number of hydrazine groups is 1. The fraction of sp³-hybridized carbons (Fsp3) is 0.263. The summed E-state index contributed by atoms with van der Waals surface area (Å²) in [7, 11) is 2.09. The molecule has 1 aromatic heterocycles. The molecular formula is C19H19N3O2S2. The summed E-state index contributed by atoms with van der Waals surface area (Å²) in [5, 5.41) is 3.68. The van der Waals surface area contributed by atoms with Crippen molar-refractivity contribution < 1.29 is 9.21 Å². The predicted molar refractivity (Wildman–Crippen MR) is 108 cm³/mol. The summed E-state index contributed by atoms with van der Waals surface area (Å²) in [4.78, 5) is 15.7. The maximum absolute atomic E-state index is 12.8. The molecule has 2 aliphatic heterocycles. The van der Waals surface area contributed by atoms with Crippen molar-refractivity contribution in [2.45, 2.75) is 0 Å². The van der Waals surface area contributed by atoms with Crippen LogP contribution in [-0.4, -0.2) is 58.4 Å². The molecule has 2 aromatic rings. The van der Waals surface area contributed by atoms with E-state index in [2.05, 4.69) is 11.9 Å². The van der Waals surface area contributed by atoms with Crippen LogP contribution in [0, 0.1) is 0 Å². The second-order valence-corrected chi connectivity index (χ2v) is 7.99. The average molecular weight is 386 g/mol. The molecule has 7 heteroatoms. The lowest BCUT2D eigenvalue weighted by molar-refractivity contribution is -0.135. The van der Waals surface area contributed by atoms with Crippen LogP contribution < -0.4 is 0 Å². The zero-order valence-corrected chi connectivity index (χ0v) is 16.1. The third kappa shape index (κ3) is 3.48. The van der Waals surface area contributed by atoms with E-state index in [1.54, 1.807) is 11.1 Å². The third-order valence-electron chi connectivity index (χ3n) is 4.49. The Hall–Kier alpha value is -1.93. The van der Waals surface area contributed by atoms with Gasteiger partial charge < -0.3 is 9.32 Å². The van der Waals surface area contributed by atoms with Crippen molar-refractivity contribution in [1.29, 1.82) is 0 Å². The van der Waals surface area contributed by atoms with E-state index < -0.39 is 0 Å². The van der Waals surface area contributed by atoms with Gasteiger partial charge in [0.1, 0.15) is 11.5 Å². The van der Waals surface area contributed by atoms with Crippen LogP contribution in [0.15, 0.2) is 51.8 Å². The largest absolute Gasteiger partial charge is 0.457 e. The standard InChI is InChI=1S/C19H19N3O2S2/c1-20-9-11-21(12-10-20)22-18(23)17(26-19(22)25)13-15-7-8-16(24-15)14-5-3-2-4-6-14/h2-8,13H,9-12H2,1H3. The smallest absolute Gasteiger partial charge is 0.281 e. The Morgan fingerprint density at radius 3 is 2.54 bits per heavy atom. The van der Waals surface area contributed by atoms with E-state index in [1.807, 2.05) is 47.5 Å². The molecule has 0 aliphatic carbocycles. The van der Waals surface area contributed by atoms with Crippen LogP contribution in [0.3, 0.4) is 0 Å². The average Bonchev–Trinajstić information content (AvgIpc) is 3.22. The monoisotopic (exact) mass is 385 g/mol. The number of likely N-dealkylation sites (N-methyl/N-ethyl adjacent to an activating group) is 1. The number of thiocarbonyl (C=S) groups is 1. The molecule has 0 radical (unpaired) electrons. The fourth-order valence-electron chi connectivity index (χ4n) is 3.02. The summed E-state index contributed by atoms with van der Waals surface area (Å²) in [5.74, 6) is 1.37. The topological polar surface area (TPSA) is 39.9 Å². The highest BCUT2D eigenvalue weighted by Crippen LogP contribution is 2.34. The molecular weight excluding hydrogens is 366 g/mol. The van der Waals surface area contributed by atoms with Gasteiger partial charge >= 0.3 is 0 Å². The van der Waals surface area contributed by atoms with E-state index in [-0.39, 0.29) is 5.91 Å². The first-order valence-corrected chi connectivity index (χ1v) is 9.71. The van der Waals surface area contributed by atoms with Crippen LogP contribution in [0.4, 0.5) is 0 Å². The number of carbonyl (C=O) groups is 1. The van der Waals surface area contributed by atoms with Crippen molar-refractivity contribution in [3.63, 3.8) is 0 Å². The Morgan fingerprint density at radius 1 is 1.08 bits per heavy atom. The number of amides is 1. The summed E-state index contributed by atoms with van der Waals surface area (Å²) >= 11 is 6.77. The molecule has 0 N–H and O–H groups in total. The number of hydrogen-bond donors (Lipinski definition) is 0. The van der Waals surface area contributed by atoms with Crippen LogP contribution in [0.5, 0.6) is 0 Å². The molecule has 0 unspecified atom stereocenters. The summed E-state index contributed by atoms with van der Waals surface area (Å²) < 4.78 is 6.47. The SMILES string of the molecule is CN1CCN(N2C(=O)C(=Cc3ccc(-c4ccccc4)o3)SC2=S)CC1. The molecule has 2 fully saturated rings. The number of thioether (sulfide) groups is 1. The van der Waals surface area contributed by atoms with E-state index in [4.69, 9.17) is 16.6 Å². The molecule has 2 aliphatic rings. The van der Waals surface area contributed by atoms with Crippen molar-refractivity contribution in [2.24, 2.45) is 0 Å². The number of rotatable bonds is 3. The summed E-state index contributed by atoms with van der Waals surface area (Å²) in [6.45, 7) is 3.45. The highest BCUT2D eigenvalue weighted by molar-refractivity contribution is 8.26. The first kappa shape index (κ1) is 17.5. The van der Waals surface area contributed by atoms with Crippen molar-refractivity contribution in [3.8, 4) is 11.3 Å². The normalized spacial score (nSPS) is 21.1. The molecule has 134 valence electrons. The van der Waals surface area contributed by atoms with Gasteiger partial charge in [-0.1, -0.05) is 54.3 Å². The molecule has 26 heavy (non-hydrogen) atoms. The van der Waals surface area contributed by atoms with E-state index >= 15 is 0 Å². The first-order valence-electron chi connectivity index (χ1n) is 8.48. The lowest BCUT2D eigenvalue weighted by atomic mass is 10.2. The van der Waals surface area contributed by atoms with Gasteiger partial charge in [-0.15, -0.1) is 0 Å². The number of carbonyl (C=O) groups excluding carboxylic acids is 1. The molecule has 0 spiro atoms. The van der Waals surface area contributed by atoms with Crippen LogP contribution >= 0.6 is 24.0 Å². The van der Waals surface area contributed by atoms with Gasteiger partial charge in [0.05, 0.1) is 4.91 Å². The minimum atomic E-state index is -0.0674. The second kappa shape index (κ2) is 7.36. The minimum Gasteiger partial charge on any atom is -0.457 e. The van der Waals surface area contributed by atoms with E-state index in [0.29, 0.717) is 15.0 Å². The Kier molecular flexibility index (Phi) is 4.95. The van der Waals surface area contributed by atoms with Gasteiger partial charge in [-0.2, -0.15) is 0 Å². The number of benzene rings is 1. The number of piperazine rings is 1. The Bertz CT molecular complexity index is 855.